The number of rotatable bonds is 1. The Morgan fingerprint density at radius 2 is 2.00 bits per heavy atom. The van der Waals surface area contributed by atoms with Gasteiger partial charge in [-0.1, -0.05) is 11.6 Å². The maximum absolute atomic E-state index is 12.4. The lowest BCUT2D eigenvalue weighted by Crippen LogP contribution is -2.15. The monoisotopic (exact) mass is 248 g/mol. The summed E-state index contributed by atoms with van der Waals surface area (Å²) in [6, 6.07) is 2.55. The summed E-state index contributed by atoms with van der Waals surface area (Å²) in [6.07, 6.45) is -4.67. The van der Waals surface area contributed by atoms with Crippen molar-refractivity contribution >= 4 is 17.5 Å². The summed E-state index contributed by atoms with van der Waals surface area (Å²) in [5, 5.41) is 8.19. The number of carbonyl (C=O) groups is 1. The van der Waals surface area contributed by atoms with Crippen LogP contribution in [0.15, 0.2) is 12.1 Å². The Labute approximate surface area is 93.2 Å². The highest BCUT2D eigenvalue weighted by Crippen LogP contribution is 2.33. The van der Waals surface area contributed by atoms with Crippen LogP contribution in [0.5, 0.6) is 0 Å². The Hall–Kier alpha value is -1.74. The predicted molar refractivity (Wildman–Crippen MR) is 49.7 cm³/mol. The Kier molecular flexibility index (Phi) is 3.10. The molecule has 0 bridgehead atoms. The first-order chi connectivity index (χ1) is 7.27. The van der Waals surface area contributed by atoms with Crippen LogP contribution < -0.4 is 5.73 Å². The molecule has 0 spiro atoms. The van der Waals surface area contributed by atoms with E-state index in [1.54, 1.807) is 0 Å². The lowest BCUT2D eigenvalue weighted by atomic mass is 10.1. The van der Waals surface area contributed by atoms with Gasteiger partial charge in [-0.2, -0.15) is 18.4 Å². The van der Waals surface area contributed by atoms with Crippen LogP contribution in [0.4, 0.5) is 13.2 Å². The van der Waals surface area contributed by atoms with Crippen LogP contribution in [0.1, 0.15) is 21.5 Å². The fraction of sp³-hybridized carbons (Fsp3) is 0.111. The second-order valence-corrected chi connectivity index (χ2v) is 3.24. The van der Waals surface area contributed by atoms with E-state index in [0.29, 0.717) is 12.1 Å². The van der Waals surface area contributed by atoms with Crippen molar-refractivity contribution in [2.24, 2.45) is 5.73 Å². The van der Waals surface area contributed by atoms with Gasteiger partial charge in [0.15, 0.2) is 0 Å². The number of benzene rings is 1. The first-order valence-corrected chi connectivity index (χ1v) is 4.26. The van der Waals surface area contributed by atoms with E-state index in [-0.39, 0.29) is 5.02 Å². The smallest absolute Gasteiger partial charge is 0.366 e. The molecule has 0 aliphatic carbocycles. The topological polar surface area (TPSA) is 66.9 Å². The number of primary amides is 1. The Morgan fingerprint density at radius 1 is 1.44 bits per heavy atom. The highest BCUT2D eigenvalue weighted by Gasteiger charge is 2.32. The fourth-order valence-electron chi connectivity index (χ4n) is 1.05. The van der Waals surface area contributed by atoms with Crippen LogP contribution in [0, 0.1) is 11.3 Å². The van der Waals surface area contributed by atoms with Crippen molar-refractivity contribution in [1.29, 1.82) is 5.26 Å². The Bertz CT molecular complexity index is 491. The largest absolute Gasteiger partial charge is 0.416 e. The van der Waals surface area contributed by atoms with Crippen LogP contribution >= 0.6 is 11.6 Å². The minimum absolute atomic E-state index is 0.372. The minimum Gasteiger partial charge on any atom is -0.366 e. The van der Waals surface area contributed by atoms with Gasteiger partial charge in [-0.05, 0) is 12.1 Å². The zero-order chi connectivity index (χ0) is 12.5. The first kappa shape index (κ1) is 12.3. The SMILES string of the molecule is N#Cc1cc(C(F)(F)F)cc(C(N)=O)c1Cl. The number of carbonyl (C=O) groups excluding carboxylic acids is 1. The lowest BCUT2D eigenvalue weighted by molar-refractivity contribution is -0.137. The van der Waals surface area contributed by atoms with Crippen molar-refractivity contribution in [3.8, 4) is 6.07 Å². The van der Waals surface area contributed by atoms with Gasteiger partial charge in [0, 0.05) is 0 Å². The van der Waals surface area contributed by atoms with Gasteiger partial charge >= 0.3 is 6.18 Å². The third-order valence-corrected chi connectivity index (χ3v) is 2.19. The maximum atomic E-state index is 12.4. The van der Waals surface area contributed by atoms with Crippen LogP contribution in [0.3, 0.4) is 0 Å². The second-order valence-electron chi connectivity index (χ2n) is 2.86. The molecule has 0 aromatic heterocycles. The average molecular weight is 249 g/mol. The summed E-state index contributed by atoms with van der Waals surface area (Å²) in [6.45, 7) is 0. The molecule has 0 heterocycles. The van der Waals surface area contributed by atoms with Gasteiger partial charge < -0.3 is 5.73 Å². The molecule has 1 rings (SSSR count). The molecular weight excluding hydrogens is 245 g/mol. The summed E-state index contributed by atoms with van der Waals surface area (Å²) in [7, 11) is 0. The number of halogens is 4. The van der Waals surface area contributed by atoms with E-state index in [9.17, 15) is 18.0 Å². The third-order valence-electron chi connectivity index (χ3n) is 1.79. The molecule has 0 fully saturated rings. The third kappa shape index (κ3) is 2.25. The van der Waals surface area contributed by atoms with Gasteiger partial charge in [0.25, 0.3) is 0 Å². The highest BCUT2D eigenvalue weighted by molar-refractivity contribution is 6.34. The van der Waals surface area contributed by atoms with E-state index in [4.69, 9.17) is 22.6 Å². The number of nitriles is 1. The van der Waals surface area contributed by atoms with Crippen molar-refractivity contribution in [2.45, 2.75) is 6.18 Å². The molecule has 0 saturated heterocycles. The summed E-state index contributed by atoms with van der Waals surface area (Å²) < 4.78 is 37.1. The van der Waals surface area contributed by atoms with Gasteiger partial charge in [0.1, 0.15) is 6.07 Å². The highest BCUT2D eigenvalue weighted by atomic mass is 35.5. The molecule has 7 heteroatoms. The lowest BCUT2D eigenvalue weighted by Gasteiger charge is -2.09. The molecule has 2 N–H and O–H groups in total. The molecular formula is C9H4ClF3N2O. The molecule has 84 valence electrons. The zero-order valence-corrected chi connectivity index (χ0v) is 8.36. The Morgan fingerprint density at radius 3 is 2.38 bits per heavy atom. The van der Waals surface area contributed by atoms with Gasteiger partial charge in [-0.25, -0.2) is 0 Å². The molecule has 0 atom stereocenters. The van der Waals surface area contributed by atoms with Crippen LogP contribution in [-0.4, -0.2) is 5.91 Å². The summed E-state index contributed by atoms with van der Waals surface area (Å²) in [4.78, 5) is 10.8. The van der Waals surface area contributed by atoms with Gasteiger partial charge in [0.2, 0.25) is 5.91 Å². The van der Waals surface area contributed by atoms with Crippen molar-refractivity contribution < 1.29 is 18.0 Å². The molecule has 0 saturated carbocycles. The van der Waals surface area contributed by atoms with Crippen LogP contribution in [0.2, 0.25) is 5.02 Å². The number of amides is 1. The van der Waals surface area contributed by atoms with Gasteiger partial charge in [-0.15, -0.1) is 0 Å². The van der Waals surface area contributed by atoms with E-state index in [1.165, 1.54) is 6.07 Å². The molecule has 3 nitrogen and oxygen atoms in total. The minimum atomic E-state index is -4.67. The fourth-order valence-corrected chi connectivity index (χ4v) is 1.29. The molecule has 1 aromatic rings. The number of nitrogens with zero attached hydrogens (tertiary/aromatic N) is 1. The van der Waals surface area contributed by atoms with Gasteiger partial charge in [-0.3, -0.25) is 4.79 Å². The zero-order valence-electron chi connectivity index (χ0n) is 7.60. The summed E-state index contributed by atoms with van der Waals surface area (Å²) in [5.74, 6) is -1.12. The molecule has 0 unspecified atom stereocenters. The molecule has 0 radical (unpaired) electrons. The number of hydrogen-bond acceptors (Lipinski definition) is 2. The van der Waals surface area contributed by atoms with Gasteiger partial charge in [0.05, 0.1) is 21.7 Å². The summed E-state index contributed by atoms with van der Waals surface area (Å²) >= 11 is 5.54. The maximum Gasteiger partial charge on any atom is 0.416 e. The average Bonchev–Trinajstić information content (AvgIpc) is 2.15. The first-order valence-electron chi connectivity index (χ1n) is 3.88. The van der Waals surface area contributed by atoms with E-state index < -0.39 is 28.8 Å². The van der Waals surface area contributed by atoms with Crippen LogP contribution in [0.25, 0.3) is 0 Å². The predicted octanol–water partition coefficient (Wildman–Crippen LogP) is 2.33. The van der Waals surface area contributed by atoms with E-state index in [2.05, 4.69) is 0 Å². The normalized spacial score (nSPS) is 10.9. The number of hydrogen-bond donors (Lipinski definition) is 1. The van der Waals surface area contributed by atoms with Crippen molar-refractivity contribution in [3.05, 3.63) is 33.8 Å². The van der Waals surface area contributed by atoms with Crippen molar-refractivity contribution in [3.63, 3.8) is 0 Å². The number of alkyl halides is 3. The molecule has 0 aliphatic rings. The van der Waals surface area contributed by atoms with Crippen molar-refractivity contribution in [2.75, 3.05) is 0 Å². The van der Waals surface area contributed by atoms with E-state index in [1.807, 2.05) is 0 Å². The molecule has 1 aromatic carbocycles. The molecule has 16 heavy (non-hydrogen) atoms. The molecule has 1 amide bonds. The number of nitrogens with two attached hydrogens (primary N) is 1. The molecule has 0 aliphatic heterocycles. The second kappa shape index (κ2) is 4.02. The standard InChI is InChI=1S/C9H4ClF3N2O/c10-7-4(3-14)1-5(9(11,12)13)2-6(7)8(15)16/h1-2H,(H2,15,16). The van der Waals surface area contributed by atoms with Crippen molar-refractivity contribution in [1.82, 2.24) is 0 Å². The van der Waals surface area contributed by atoms with E-state index in [0.717, 1.165) is 0 Å². The quantitative estimate of drug-likeness (QED) is 0.829. The Balaban J connectivity index is 3.54. The van der Waals surface area contributed by atoms with E-state index >= 15 is 0 Å². The summed E-state index contributed by atoms with van der Waals surface area (Å²) in [5.41, 5.74) is 2.75. The van der Waals surface area contributed by atoms with Crippen LogP contribution in [-0.2, 0) is 6.18 Å².